The summed E-state index contributed by atoms with van der Waals surface area (Å²) < 4.78 is 5.49. The van der Waals surface area contributed by atoms with Gasteiger partial charge < -0.3 is 9.84 Å². The first-order valence-corrected chi connectivity index (χ1v) is 4.89. The normalized spacial score (nSPS) is 59.8. The van der Waals surface area contributed by atoms with Crippen molar-refractivity contribution in [3.63, 3.8) is 0 Å². The lowest BCUT2D eigenvalue weighted by atomic mass is 9.44. The van der Waals surface area contributed by atoms with Gasteiger partial charge in [-0.25, -0.2) is 0 Å². The van der Waals surface area contributed by atoms with Gasteiger partial charge in [0.25, 0.3) is 0 Å². The highest BCUT2D eigenvalue weighted by Gasteiger charge is 2.71. The van der Waals surface area contributed by atoms with Crippen molar-refractivity contribution in [1.82, 2.24) is 0 Å². The van der Waals surface area contributed by atoms with E-state index in [1.54, 1.807) is 0 Å². The molecule has 0 aromatic rings. The van der Waals surface area contributed by atoms with Crippen LogP contribution in [0.5, 0.6) is 0 Å². The van der Waals surface area contributed by atoms with Gasteiger partial charge >= 0.3 is 0 Å². The molecule has 2 nitrogen and oxygen atoms in total. The molecule has 4 rings (SSSR count). The van der Waals surface area contributed by atoms with E-state index < -0.39 is 0 Å². The number of epoxide rings is 1. The van der Waals surface area contributed by atoms with Crippen LogP contribution in [0.1, 0.15) is 26.7 Å². The summed E-state index contributed by atoms with van der Waals surface area (Å²) in [6.07, 6.45) is 2.07. The van der Waals surface area contributed by atoms with Gasteiger partial charge in [0, 0.05) is 0 Å². The molecule has 0 unspecified atom stereocenters. The molecule has 1 aliphatic heterocycles. The molecule has 1 saturated heterocycles. The van der Waals surface area contributed by atoms with Gasteiger partial charge in [-0.3, -0.25) is 0 Å². The minimum atomic E-state index is -0.172. The second-order valence-electron chi connectivity index (χ2n) is 5.30. The summed E-state index contributed by atoms with van der Waals surface area (Å²) in [6.45, 7) is 5.44. The molecule has 1 spiro atoms. The Kier molecular flexibility index (Phi) is 1.06. The van der Waals surface area contributed by atoms with Gasteiger partial charge in [0.15, 0.2) is 0 Å². The highest BCUT2D eigenvalue weighted by atomic mass is 16.6. The first kappa shape index (κ1) is 7.34. The number of fused-ring (bicyclic) bond motifs is 1. The topological polar surface area (TPSA) is 32.8 Å². The van der Waals surface area contributed by atoms with E-state index in [2.05, 4.69) is 13.8 Å². The number of ether oxygens (including phenoxy) is 1. The van der Waals surface area contributed by atoms with E-state index in [1.165, 1.54) is 6.42 Å². The van der Waals surface area contributed by atoms with Gasteiger partial charge in [0.1, 0.15) is 5.60 Å². The monoisotopic (exact) mass is 168 g/mol. The minimum absolute atomic E-state index is 0.0990. The summed E-state index contributed by atoms with van der Waals surface area (Å²) in [6, 6.07) is 0. The van der Waals surface area contributed by atoms with Crippen molar-refractivity contribution in [2.75, 3.05) is 6.61 Å². The zero-order valence-corrected chi connectivity index (χ0v) is 7.71. The summed E-state index contributed by atoms with van der Waals surface area (Å²) in [4.78, 5) is 0. The van der Waals surface area contributed by atoms with Crippen LogP contribution in [0.25, 0.3) is 0 Å². The number of aliphatic hydroxyl groups is 1. The summed E-state index contributed by atoms with van der Waals surface area (Å²) in [5, 5.41) is 9.81. The van der Waals surface area contributed by atoms with Crippen LogP contribution in [-0.4, -0.2) is 23.4 Å². The minimum Gasteiger partial charge on any atom is -0.390 e. The quantitative estimate of drug-likeness (QED) is 0.551. The highest BCUT2D eigenvalue weighted by Crippen LogP contribution is 2.67. The Morgan fingerprint density at radius 3 is 2.42 bits per heavy atom. The first-order valence-electron chi connectivity index (χ1n) is 4.89. The van der Waals surface area contributed by atoms with Gasteiger partial charge in [-0.2, -0.15) is 0 Å². The van der Waals surface area contributed by atoms with Crippen LogP contribution in [-0.2, 0) is 4.74 Å². The molecular formula is C10H16O2. The van der Waals surface area contributed by atoms with Crippen LogP contribution in [0.2, 0.25) is 0 Å². The van der Waals surface area contributed by atoms with Crippen LogP contribution < -0.4 is 0 Å². The second kappa shape index (κ2) is 1.73. The predicted octanol–water partition coefficient (Wildman–Crippen LogP) is 1.18. The Balaban J connectivity index is 1.95. The van der Waals surface area contributed by atoms with Crippen molar-refractivity contribution in [2.24, 2.45) is 17.3 Å². The average molecular weight is 168 g/mol. The molecular weight excluding hydrogens is 152 g/mol. The number of hydrogen-bond acceptors (Lipinski definition) is 2. The van der Waals surface area contributed by atoms with Crippen LogP contribution >= 0.6 is 0 Å². The van der Waals surface area contributed by atoms with E-state index in [-0.39, 0.29) is 11.7 Å². The maximum Gasteiger partial charge on any atom is 0.121 e. The van der Waals surface area contributed by atoms with Crippen LogP contribution in [0, 0.1) is 17.3 Å². The Morgan fingerprint density at radius 1 is 1.33 bits per heavy atom. The zero-order chi connectivity index (χ0) is 8.56. The summed E-state index contributed by atoms with van der Waals surface area (Å²) in [5.74, 6) is 1.37. The molecule has 12 heavy (non-hydrogen) atoms. The first-order chi connectivity index (χ1) is 5.57. The van der Waals surface area contributed by atoms with Crippen molar-refractivity contribution in [2.45, 2.75) is 38.4 Å². The van der Waals surface area contributed by atoms with Crippen molar-refractivity contribution < 1.29 is 9.84 Å². The third-order valence-electron chi connectivity index (χ3n) is 4.61. The molecule has 0 radical (unpaired) electrons. The number of hydrogen-bond donors (Lipinski definition) is 1. The molecule has 1 heterocycles. The molecule has 68 valence electrons. The summed E-state index contributed by atoms with van der Waals surface area (Å²) in [7, 11) is 0. The smallest absolute Gasteiger partial charge is 0.121 e. The molecule has 4 aliphatic rings. The summed E-state index contributed by atoms with van der Waals surface area (Å²) in [5.41, 5.74) is 0.327. The molecule has 0 amide bonds. The Hall–Kier alpha value is -0.0800. The molecule has 2 bridgehead atoms. The van der Waals surface area contributed by atoms with E-state index in [0.29, 0.717) is 11.3 Å². The van der Waals surface area contributed by atoms with Gasteiger partial charge in [-0.05, 0) is 30.1 Å². The molecule has 4 atom stereocenters. The fourth-order valence-corrected chi connectivity index (χ4v) is 3.42. The van der Waals surface area contributed by atoms with Crippen molar-refractivity contribution >= 4 is 0 Å². The third-order valence-corrected chi connectivity index (χ3v) is 4.61. The zero-order valence-electron chi connectivity index (χ0n) is 7.71. The maximum absolute atomic E-state index is 9.81. The lowest BCUT2D eigenvalue weighted by Gasteiger charge is -2.60. The van der Waals surface area contributed by atoms with Crippen LogP contribution in [0.4, 0.5) is 0 Å². The SMILES string of the molecule is CC1(C)[C@@H]2C[C@H]1[C@]1(CO1)[C@@H](O)C2. The molecule has 1 N–H and O–H groups in total. The van der Waals surface area contributed by atoms with Gasteiger partial charge in [-0.15, -0.1) is 0 Å². The van der Waals surface area contributed by atoms with Crippen molar-refractivity contribution in [3.8, 4) is 0 Å². The lowest BCUT2D eigenvalue weighted by Crippen LogP contribution is -2.62. The Morgan fingerprint density at radius 2 is 2.00 bits per heavy atom. The number of rotatable bonds is 0. The van der Waals surface area contributed by atoms with E-state index in [4.69, 9.17) is 4.74 Å². The second-order valence-corrected chi connectivity index (χ2v) is 5.30. The largest absolute Gasteiger partial charge is 0.390 e. The van der Waals surface area contributed by atoms with E-state index in [0.717, 1.165) is 18.9 Å². The van der Waals surface area contributed by atoms with Gasteiger partial charge in [0.05, 0.1) is 12.7 Å². The molecule has 0 aromatic heterocycles. The molecule has 4 fully saturated rings. The number of aliphatic hydroxyl groups excluding tert-OH is 1. The fraction of sp³-hybridized carbons (Fsp3) is 1.00. The predicted molar refractivity (Wildman–Crippen MR) is 44.7 cm³/mol. The molecule has 0 aromatic carbocycles. The third kappa shape index (κ3) is 0.579. The molecule has 3 saturated carbocycles. The van der Waals surface area contributed by atoms with Gasteiger partial charge in [0.2, 0.25) is 0 Å². The van der Waals surface area contributed by atoms with Crippen LogP contribution in [0.3, 0.4) is 0 Å². The van der Waals surface area contributed by atoms with Gasteiger partial charge in [-0.1, -0.05) is 13.8 Å². The van der Waals surface area contributed by atoms with E-state index in [1.807, 2.05) is 0 Å². The maximum atomic E-state index is 9.81. The van der Waals surface area contributed by atoms with Crippen molar-refractivity contribution in [3.05, 3.63) is 0 Å². The van der Waals surface area contributed by atoms with Crippen LogP contribution in [0.15, 0.2) is 0 Å². The fourth-order valence-electron chi connectivity index (χ4n) is 3.42. The standard InChI is InChI=1S/C10H16O2/c1-9(2)6-3-7(9)10(5-12-10)8(11)4-6/h6-8,11H,3-5H2,1-2H3/t6-,7-,8+,10-/m1/s1. The molecule has 2 heteroatoms. The Labute approximate surface area is 72.9 Å². The summed E-state index contributed by atoms with van der Waals surface area (Å²) >= 11 is 0. The molecule has 3 aliphatic carbocycles. The lowest BCUT2D eigenvalue weighted by molar-refractivity contribution is -0.170. The van der Waals surface area contributed by atoms with E-state index >= 15 is 0 Å². The Bertz CT molecular complexity index is 230. The highest BCUT2D eigenvalue weighted by molar-refractivity contribution is 5.19. The average Bonchev–Trinajstić information content (AvgIpc) is 2.76. The van der Waals surface area contributed by atoms with E-state index in [9.17, 15) is 5.11 Å². The van der Waals surface area contributed by atoms with Crippen molar-refractivity contribution in [1.29, 1.82) is 0 Å².